The maximum absolute atomic E-state index is 11.4. The molecule has 0 aromatic carbocycles. The van der Waals surface area contributed by atoms with Gasteiger partial charge in [-0.25, -0.2) is 8.42 Å². The van der Waals surface area contributed by atoms with Crippen molar-refractivity contribution in [3.05, 3.63) is 0 Å². The minimum Gasteiger partial charge on any atom is -0.292 e. The van der Waals surface area contributed by atoms with E-state index in [1.54, 1.807) is 0 Å². The summed E-state index contributed by atoms with van der Waals surface area (Å²) in [5.41, 5.74) is 0. The van der Waals surface area contributed by atoms with E-state index in [1.165, 1.54) is 0 Å². The summed E-state index contributed by atoms with van der Waals surface area (Å²) in [6.45, 7) is 0. The van der Waals surface area contributed by atoms with Crippen LogP contribution in [-0.4, -0.2) is 62.9 Å². The lowest BCUT2D eigenvalue weighted by Gasteiger charge is -2.06. The Hall–Kier alpha value is 0.0400. The molecule has 14 heteroatoms. The molecule has 0 saturated carbocycles. The number of unbranched alkanes of at least 4 members (excludes halogenated alkanes) is 1. The zero-order valence-corrected chi connectivity index (χ0v) is 15.2. The Bertz CT molecular complexity index is 514. The van der Waals surface area contributed by atoms with Gasteiger partial charge in [-0.3, -0.25) is 16.7 Å². The Morgan fingerprint density at radius 3 is 1.32 bits per heavy atom. The fourth-order valence-electron chi connectivity index (χ4n) is 0.997. The van der Waals surface area contributed by atoms with Crippen LogP contribution in [-0.2, 0) is 59.1 Å². The van der Waals surface area contributed by atoms with Crippen molar-refractivity contribution >= 4 is 42.4 Å². The quantitative estimate of drug-likeness (QED) is 0.278. The van der Waals surface area contributed by atoms with Crippen LogP contribution in [0.15, 0.2) is 0 Å². The Kier molecular flexibility index (Phi) is 10.8. The Morgan fingerprint density at radius 2 is 1.05 bits per heavy atom. The largest absolute Gasteiger partial charge is 0.292 e. The molecule has 0 spiro atoms. The van der Waals surface area contributed by atoms with Gasteiger partial charge in [-0.05, 0) is 12.8 Å². The second-order valence-corrected chi connectivity index (χ2v) is 9.51. The second-order valence-electron chi connectivity index (χ2n) is 3.64. The van der Waals surface area contributed by atoms with Gasteiger partial charge in [-0.1, -0.05) is 0 Å². The third kappa shape index (κ3) is 11.6. The molecule has 0 N–H and O–H groups in total. The summed E-state index contributed by atoms with van der Waals surface area (Å²) in [6, 6.07) is 0. The fourth-order valence-corrected chi connectivity index (χ4v) is 4.34. The summed E-state index contributed by atoms with van der Waals surface area (Å²) in [5.74, 6) is -2.12. The first-order valence-corrected chi connectivity index (χ1v) is 11.4. The van der Waals surface area contributed by atoms with Crippen molar-refractivity contribution < 1.29 is 42.0 Å². The molecule has 0 radical (unpaired) electrons. The fraction of sp³-hybridized carbons (Fsp3) is 1.00. The van der Waals surface area contributed by atoms with Crippen LogP contribution < -0.4 is 0 Å². The van der Waals surface area contributed by atoms with E-state index in [-0.39, 0.29) is 12.8 Å². The molecule has 2 atom stereocenters. The van der Waals surface area contributed by atoms with Gasteiger partial charge >= 0.3 is 0 Å². The van der Waals surface area contributed by atoms with Crippen LogP contribution in [0.1, 0.15) is 12.8 Å². The summed E-state index contributed by atoms with van der Waals surface area (Å²) >= 11 is -3.72. The van der Waals surface area contributed by atoms with Gasteiger partial charge in [0.2, 0.25) is 0 Å². The minimum absolute atomic E-state index is 0.00208. The van der Waals surface area contributed by atoms with Crippen molar-refractivity contribution in [3.8, 4) is 0 Å². The maximum Gasteiger partial charge on any atom is 0.268 e. The van der Waals surface area contributed by atoms with E-state index in [1.807, 2.05) is 0 Å². The van der Waals surface area contributed by atoms with E-state index in [4.69, 9.17) is 0 Å². The van der Waals surface area contributed by atoms with Crippen molar-refractivity contribution in [2.45, 2.75) is 12.8 Å². The minimum atomic E-state index is -3.91. The monoisotopic (exact) mass is 402 g/mol. The molecule has 0 fully saturated rings. The molecular formula is C8H18O10S4. The van der Waals surface area contributed by atoms with Gasteiger partial charge in [0.15, 0.2) is 34.0 Å². The van der Waals surface area contributed by atoms with E-state index >= 15 is 0 Å². The van der Waals surface area contributed by atoms with E-state index in [9.17, 15) is 25.3 Å². The van der Waals surface area contributed by atoms with Crippen LogP contribution in [0.25, 0.3) is 0 Å². The van der Waals surface area contributed by atoms with Crippen LogP contribution in [0.3, 0.4) is 0 Å². The molecule has 0 aliphatic rings. The standard InChI is InChI=1S/C8H18O10S4/c1-15-19(9)7-17-21(11,12)5-3-4-6-22(13,14)18-8-20(10)16-2/h3-8H2,1-2H3. The SMILES string of the molecule is COS(=O)COS(=O)(=O)CCCCS(=O)(=O)OCS(=O)OC. The highest BCUT2D eigenvalue weighted by atomic mass is 32.2. The topological polar surface area (TPSA) is 139 Å². The predicted molar refractivity (Wildman–Crippen MR) is 79.0 cm³/mol. The lowest BCUT2D eigenvalue weighted by molar-refractivity contribution is 0.348. The number of hydrogen-bond acceptors (Lipinski definition) is 10. The number of rotatable bonds is 13. The molecular weight excluding hydrogens is 384 g/mol. The zero-order chi connectivity index (χ0) is 17.2. The molecule has 0 aromatic rings. The zero-order valence-electron chi connectivity index (χ0n) is 12.0. The molecule has 0 aromatic heterocycles. The molecule has 0 aliphatic heterocycles. The first-order valence-electron chi connectivity index (χ1n) is 5.72. The maximum atomic E-state index is 11.4. The van der Waals surface area contributed by atoms with E-state index < -0.39 is 65.8 Å². The highest BCUT2D eigenvalue weighted by molar-refractivity contribution is 7.88. The van der Waals surface area contributed by atoms with Crippen molar-refractivity contribution in [2.24, 2.45) is 0 Å². The Balaban J connectivity index is 4.05. The van der Waals surface area contributed by atoms with Crippen LogP contribution >= 0.6 is 0 Å². The molecule has 0 amide bonds. The first-order chi connectivity index (χ1) is 10.1. The van der Waals surface area contributed by atoms with Crippen LogP contribution in [0.2, 0.25) is 0 Å². The third-order valence-corrected chi connectivity index (χ3v) is 6.25. The first kappa shape index (κ1) is 22.0. The van der Waals surface area contributed by atoms with Crippen LogP contribution in [0, 0.1) is 0 Å². The summed E-state index contributed by atoms with van der Waals surface area (Å²) in [6.07, 6.45) is -0.00415. The van der Waals surface area contributed by atoms with Crippen molar-refractivity contribution in [1.82, 2.24) is 0 Å². The molecule has 134 valence electrons. The number of hydrogen-bond donors (Lipinski definition) is 0. The summed E-state index contributed by atoms with van der Waals surface area (Å²) in [7, 11) is -5.56. The average Bonchev–Trinajstić information content (AvgIpc) is 2.47. The van der Waals surface area contributed by atoms with E-state index in [0.717, 1.165) is 14.2 Å². The molecule has 0 aliphatic carbocycles. The molecule has 0 heterocycles. The Labute approximate surface area is 135 Å². The van der Waals surface area contributed by atoms with Gasteiger partial charge in [-0.2, -0.15) is 16.8 Å². The molecule has 0 saturated heterocycles. The summed E-state index contributed by atoms with van der Waals surface area (Å²) < 4.78 is 84.7. The van der Waals surface area contributed by atoms with Crippen molar-refractivity contribution in [3.63, 3.8) is 0 Å². The second kappa shape index (κ2) is 10.7. The Morgan fingerprint density at radius 1 is 0.727 bits per heavy atom. The van der Waals surface area contributed by atoms with Gasteiger partial charge in [0.1, 0.15) is 0 Å². The van der Waals surface area contributed by atoms with Gasteiger partial charge in [0.25, 0.3) is 20.2 Å². The lowest BCUT2D eigenvalue weighted by atomic mass is 10.4. The highest BCUT2D eigenvalue weighted by Crippen LogP contribution is 2.05. The van der Waals surface area contributed by atoms with Gasteiger partial charge in [-0.15, -0.1) is 0 Å². The molecule has 2 unspecified atom stereocenters. The van der Waals surface area contributed by atoms with Gasteiger partial charge in [0.05, 0.1) is 25.7 Å². The summed E-state index contributed by atoms with van der Waals surface area (Å²) in [4.78, 5) is 0. The van der Waals surface area contributed by atoms with Crippen LogP contribution in [0.5, 0.6) is 0 Å². The van der Waals surface area contributed by atoms with Gasteiger partial charge < -0.3 is 0 Å². The molecule has 10 nitrogen and oxygen atoms in total. The van der Waals surface area contributed by atoms with Gasteiger partial charge in [0, 0.05) is 0 Å². The van der Waals surface area contributed by atoms with Crippen LogP contribution in [0.4, 0.5) is 0 Å². The predicted octanol–water partition coefficient (Wildman–Crippen LogP) is -1.01. The smallest absolute Gasteiger partial charge is 0.268 e. The molecule has 0 rings (SSSR count). The summed E-state index contributed by atoms with van der Waals surface area (Å²) in [5, 5.41) is 0. The lowest BCUT2D eigenvalue weighted by Crippen LogP contribution is -2.17. The molecule has 22 heavy (non-hydrogen) atoms. The molecule has 0 bridgehead atoms. The van der Waals surface area contributed by atoms with Crippen molar-refractivity contribution in [1.29, 1.82) is 0 Å². The normalized spacial score (nSPS) is 15.5. The van der Waals surface area contributed by atoms with Crippen molar-refractivity contribution in [2.75, 3.05) is 37.6 Å². The highest BCUT2D eigenvalue weighted by Gasteiger charge is 2.16. The third-order valence-electron chi connectivity index (χ3n) is 2.06. The van der Waals surface area contributed by atoms with E-state index in [2.05, 4.69) is 16.7 Å². The van der Waals surface area contributed by atoms with E-state index in [0.29, 0.717) is 0 Å². The average molecular weight is 402 g/mol.